The first-order valence-corrected chi connectivity index (χ1v) is 8.59. The third-order valence-corrected chi connectivity index (χ3v) is 5.67. The summed E-state index contributed by atoms with van der Waals surface area (Å²) in [6.07, 6.45) is 9.21. The third-order valence-electron chi connectivity index (χ3n) is 4.53. The lowest BCUT2D eigenvalue weighted by Crippen LogP contribution is -2.48. The first-order valence-electron chi connectivity index (χ1n) is 7.30. The molecule has 17 heavy (non-hydrogen) atoms. The number of thioether (sulfide) groups is 1. The molecular weight excluding hydrogens is 228 g/mol. The molecule has 100 valence electrons. The van der Waals surface area contributed by atoms with Crippen LogP contribution in [0.25, 0.3) is 0 Å². The zero-order valence-electron chi connectivity index (χ0n) is 11.5. The molecule has 0 aromatic carbocycles. The summed E-state index contributed by atoms with van der Waals surface area (Å²) >= 11 is 2.06. The molecule has 0 radical (unpaired) electrons. The van der Waals surface area contributed by atoms with Crippen molar-refractivity contribution in [2.24, 2.45) is 5.92 Å². The molecule has 2 rings (SSSR count). The highest BCUT2D eigenvalue weighted by Gasteiger charge is 2.24. The Bertz CT molecular complexity index is 214. The molecule has 2 aliphatic heterocycles. The van der Waals surface area contributed by atoms with Crippen LogP contribution in [0.15, 0.2) is 0 Å². The van der Waals surface area contributed by atoms with Crippen molar-refractivity contribution in [1.82, 2.24) is 10.2 Å². The van der Waals surface area contributed by atoms with E-state index >= 15 is 0 Å². The summed E-state index contributed by atoms with van der Waals surface area (Å²) in [5, 5.41) is 4.63. The Hall–Kier alpha value is 0.270. The normalized spacial score (nSPS) is 32.8. The zero-order valence-corrected chi connectivity index (χ0v) is 12.3. The van der Waals surface area contributed by atoms with Crippen LogP contribution in [0.3, 0.4) is 0 Å². The summed E-state index contributed by atoms with van der Waals surface area (Å²) in [6, 6.07) is 0.763. The SMILES string of the molecule is CCC1CCNC(CN2CCC(SC)CC2)C1. The fourth-order valence-corrected chi connectivity index (χ4v) is 3.93. The van der Waals surface area contributed by atoms with Gasteiger partial charge < -0.3 is 10.2 Å². The van der Waals surface area contributed by atoms with Gasteiger partial charge in [0.15, 0.2) is 0 Å². The Morgan fingerprint density at radius 1 is 1.24 bits per heavy atom. The van der Waals surface area contributed by atoms with Gasteiger partial charge in [-0.15, -0.1) is 0 Å². The summed E-state index contributed by atoms with van der Waals surface area (Å²) in [6.45, 7) is 7.51. The van der Waals surface area contributed by atoms with Crippen molar-refractivity contribution in [2.45, 2.75) is 50.3 Å². The Labute approximate surface area is 111 Å². The third kappa shape index (κ3) is 4.15. The molecule has 2 atom stereocenters. The van der Waals surface area contributed by atoms with Crippen molar-refractivity contribution in [2.75, 3.05) is 32.4 Å². The molecule has 2 nitrogen and oxygen atoms in total. The highest BCUT2D eigenvalue weighted by Crippen LogP contribution is 2.23. The zero-order chi connectivity index (χ0) is 12.1. The lowest BCUT2D eigenvalue weighted by Gasteiger charge is -2.37. The van der Waals surface area contributed by atoms with E-state index in [-0.39, 0.29) is 0 Å². The van der Waals surface area contributed by atoms with Crippen molar-refractivity contribution < 1.29 is 0 Å². The molecule has 2 saturated heterocycles. The van der Waals surface area contributed by atoms with Crippen molar-refractivity contribution >= 4 is 11.8 Å². The van der Waals surface area contributed by atoms with Gasteiger partial charge in [-0.05, 0) is 57.5 Å². The van der Waals surface area contributed by atoms with E-state index in [2.05, 4.69) is 35.2 Å². The second kappa shape index (κ2) is 7.01. The van der Waals surface area contributed by atoms with E-state index in [9.17, 15) is 0 Å². The minimum Gasteiger partial charge on any atom is -0.313 e. The molecule has 3 heteroatoms. The van der Waals surface area contributed by atoms with Gasteiger partial charge >= 0.3 is 0 Å². The molecule has 2 heterocycles. The molecule has 0 saturated carbocycles. The summed E-state index contributed by atoms with van der Waals surface area (Å²) in [4.78, 5) is 2.68. The van der Waals surface area contributed by atoms with Crippen LogP contribution in [0.4, 0.5) is 0 Å². The predicted molar refractivity (Wildman–Crippen MR) is 77.8 cm³/mol. The minimum atomic E-state index is 0.763. The average Bonchev–Trinajstić information content (AvgIpc) is 2.40. The van der Waals surface area contributed by atoms with Gasteiger partial charge in [0, 0.05) is 17.8 Å². The molecule has 2 unspecified atom stereocenters. The first-order chi connectivity index (χ1) is 8.31. The van der Waals surface area contributed by atoms with E-state index in [4.69, 9.17) is 0 Å². The van der Waals surface area contributed by atoms with E-state index in [1.54, 1.807) is 0 Å². The molecule has 0 bridgehead atoms. The molecule has 2 fully saturated rings. The van der Waals surface area contributed by atoms with Crippen LogP contribution >= 0.6 is 11.8 Å². The number of rotatable bonds is 4. The molecule has 0 aromatic rings. The summed E-state index contributed by atoms with van der Waals surface area (Å²) in [5.74, 6) is 0.977. The average molecular weight is 256 g/mol. The van der Waals surface area contributed by atoms with Crippen LogP contribution in [-0.4, -0.2) is 48.6 Å². The number of hydrogen-bond donors (Lipinski definition) is 1. The van der Waals surface area contributed by atoms with E-state index in [1.165, 1.54) is 58.3 Å². The summed E-state index contributed by atoms with van der Waals surface area (Å²) < 4.78 is 0. The Kier molecular flexibility index (Phi) is 5.64. The van der Waals surface area contributed by atoms with Gasteiger partial charge in [0.25, 0.3) is 0 Å². The Morgan fingerprint density at radius 3 is 2.65 bits per heavy atom. The molecular formula is C14H28N2S. The van der Waals surface area contributed by atoms with Crippen molar-refractivity contribution in [3.05, 3.63) is 0 Å². The first kappa shape index (κ1) is 13.7. The van der Waals surface area contributed by atoms with Crippen LogP contribution in [0, 0.1) is 5.92 Å². The molecule has 1 N–H and O–H groups in total. The number of nitrogens with one attached hydrogen (secondary N) is 1. The Balaban J connectivity index is 1.70. The van der Waals surface area contributed by atoms with Crippen LogP contribution in [0.1, 0.15) is 39.0 Å². The van der Waals surface area contributed by atoms with Gasteiger partial charge in [-0.2, -0.15) is 11.8 Å². The molecule has 0 aromatic heterocycles. The highest BCUT2D eigenvalue weighted by molar-refractivity contribution is 7.99. The molecule has 0 spiro atoms. The van der Waals surface area contributed by atoms with Gasteiger partial charge in [0.2, 0.25) is 0 Å². The van der Waals surface area contributed by atoms with Crippen LogP contribution in [0.5, 0.6) is 0 Å². The summed E-state index contributed by atoms with van der Waals surface area (Å²) in [7, 11) is 0. The topological polar surface area (TPSA) is 15.3 Å². The number of nitrogens with zero attached hydrogens (tertiary/aromatic N) is 1. The van der Waals surface area contributed by atoms with Crippen LogP contribution < -0.4 is 5.32 Å². The maximum atomic E-state index is 3.71. The fourth-order valence-electron chi connectivity index (χ4n) is 3.24. The molecule has 0 amide bonds. The number of likely N-dealkylation sites (tertiary alicyclic amines) is 1. The van der Waals surface area contributed by atoms with Crippen molar-refractivity contribution in [1.29, 1.82) is 0 Å². The lowest BCUT2D eigenvalue weighted by atomic mass is 9.90. The van der Waals surface area contributed by atoms with Gasteiger partial charge in [0.1, 0.15) is 0 Å². The quantitative estimate of drug-likeness (QED) is 0.832. The van der Waals surface area contributed by atoms with Crippen LogP contribution in [-0.2, 0) is 0 Å². The van der Waals surface area contributed by atoms with E-state index < -0.39 is 0 Å². The summed E-state index contributed by atoms with van der Waals surface area (Å²) in [5.41, 5.74) is 0. The van der Waals surface area contributed by atoms with E-state index in [1.807, 2.05) is 0 Å². The Morgan fingerprint density at radius 2 is 2.00 bits per heavy atom. The monoisotopic (exact) mass is 256 g/mol. The van der Waals surface area contributed by atoms with Crippen molar-refractivity contribution in [3.63, 3.8) is 0 Å². The van der Waals surface area contributed by atoms with Crippen molar-refractivity contribution in [3.8, 4) is 0 Å². The molecule has 0 aliphatic carbocycles. The van der Waals surface area contributed by atoms with E-state index in [0.717, 1.165) is 17.2 Å². The number of hydrogen-bond acceptors (Lipinski definition) is 3. The standard InChI is InChI=1S/C14H28N2S/c1-3-12-4-7-15-13(10-12)11-16-8-5-14(17-2)6-9-16/h12-15H,3-11H2,1-2H3. The van der Waals surface area contributed by atoms with Gasteiger partial charge in [0.05, 0.1) is 0 Å². The highest BCUT2D eigenvalue weighted by atomic mass is 32.2. The molecule has 2 aliphatic rings. The fraction of sp³-hybridized carbons (Fsp3) is 1.00. The minimum absolute atomic E-state index is 0.763. The van der Waals surface area contributed by atoms with E-state index in [0.29, 0.717) is 0 Å². The smallest absolute Gasteiger partial charge is 0.0197 e. The van der Waals surface area contributed by atoms with Gasteiger partial charge in [-0.1, -0.05) is 13.3 Å². The maximum Gasteiger partial charge on any atom is 0.0197 e. The number of piperidine rings is 2. The lowest BCUT2D eigenvalue weighted by molar-refractivity contribution is 0.178. The predicted octanol–water partition coefficient (Wildman–Crippen LogP) is 2.59. The second-order valence-corrected chi connectivity index (χ2v) is 6.82. The van der Waals surface area contributed by atoms with Crippen LogP contribution in [0.2, 0.25) is 0 Å². The van der Waals surface area contributed by atoms with Gasteiger partial charge in [-0.3, -0.25) is 0 Å². The second-order valence-electron chi connectivity index (χ2n) is 5.69. The van der Waals surface area contributed by atoms with Gasteiger partial charge in [-0.25, -0.2) is 0 Å². The largest absolute Gasteiger partial charge is 0.313 e. The maximum absolute atomic E-state index is 3.71.